The summed E-state index contributed by atoms with van der Waals surface area (Å²) in [5.74, 6) is 0.0335. The fourth-order valence-electron chi connectivity index (χ4n) is 1.69. The molecule has 0 saturated heterocycles. The van der Waals surface area contributed by atoms with Gasteiger partial charge in [0.15, 0.2) is 0 Å². The molecule has 0 fully saturated rings. The summed E-state index contributed by atoms with van der Waals surface area (Å²) < 4.78 is 12.8. The minimum Gasteiger partial charge on any atom is -0.508 e. The van der Waals surface area contributed by atoms with Gasteiger partial charge in [-0.15, -0.1) is 0 Å². The number of hydrogen-bond acceptors (Lipinski definition) is 2. The molecule has 0 aliphatic carbocycles. The van der Waals surface area contributed by atoms with Gasteiger partial charge in [-0.2, -0.15) is 0 Å². The summed E-state index contributed by atoms with van der Waals surface area (Å²) in [6, 6.07) is 13.5. The minimum absolute atomic E-state index is 0.246. The van der Waals surface area contributed by atoms with E-state index in [2.05, 4.69) is 0 Å². The van der Waals surface area contributed by atoms with Crippen LogP contribution in [0.1, 0.15) is 5.56 Å². The van der Waals surface area contributed by atoms with E-state index in [-0.39, 0.29) is 11.6 Å². The quantitative estimate of drug-likeness (QED) is 0.877. The third-order valence-electron chi connectivity index (χ3n) is 2.67. The van der Waals surface area contributed by atoms with E-state index in [9.17, 15) is 9.50 Å². The summed E-state index contributed by atoms with van der Waals surface area (Å²) in [4.78, 5) is 1.95. The van der Waals surface area contributed by atoms with Gasteiger partial charge in [0.2, 0.25) is 0 Å². The minimum atomic E-state index is -0.246. The molecule has 3 heteroatoms. The lowest BCUT2D eigenvalue weighted by molar-refractivity contribution is 0.468. The molecule has 2 rings (SSSR count). The van der Waals surface area contributed by atoms with Gasteiger partial charge < -0.3 is 10.0 Å². The number of nitrogens with zero attached hydrogens (tertiary/aromatic N) is 1. The molecule has 0 saturated carbocycles. The highest BCUT2D eigenvalue weighted by Crippen LogP contribution is 2.21. The molecule has 0 atom stereocenters. The van der Waals surface area contributed by atoms with Crippen LogP contribution in [0.5, 0.6) is 5.75 Å². The number of aromatic hydroxyl groups is 1. The highest BCUT2D eigenvalue weighted by molar-refractivity contribution is 5.47. The number of halogens is 1. The van der Waals surface area contributed by atoms with E-state index >= 15 is 0 Å². The van der Waals surface area contributed by atoms with Crippen LogP contribution in [0.2, 0.25) is 0 Å². The SMILES string of the molecule is CN(Cc1ccccc1O)c1ccc(F)cc1. The van der Waals surface area contributed by atoms with Crippen LogP contribution in [0.25, 0.3) is 0 Å². The maximum Gasteiger partial charge on any atom is 0.123 e. The number of para-hydroxylation sites is 1. The predicted octanol–water partition coefficient (Wildman–Crippen LogP) is 3.17. The Morgan fingerprint density at radius 2 is 1.71 bits per heavy atom. The van der Waals surface area contributed by atoms with Gasteiger partial charge >= 0.3 is 0 Å². The number of phenolic OH excluding ortho intramolecular Hbond substituents is 1. The Labute approximate surface area is 99.9 Å². The van der Waals surface area contributed by atoms with Crippen molar-refractivity contribution in [1.82, 2.24) is 0 Å². The van der Waals surface area contributed by atoms with Gasteiger partial charge in [-0.05, 0) is 30.3 Å². The van der Waals surface area contributed by atoms with E-state index < -0.39 is 0 Å². The smallest absolute Gasteiger partial charge is 0.123 e. The van der Waals surface area contributed by atoms with E-state index in [1.807, 2.05) is 24.1 Å². The molecule has 88 valence electrons. The molecule has 0 unspecified atom stereocenters. The second kappa shape index (κ2) is 4.87. The average Bonchev–Trinajstić information content (AvgIpc) is 2.33. The lowest BCUT2D eigenvalue weighted by Gasteiger charge is -2.19. The Balaban J connectivity index is 2.14. The van der Waals surface area contributed by atoms with Crippen LogP contribution in [-0.2, 0) is 6.54 Å². The summed E-state index contributed by atoms with van der Waals surface area (Å²) in [7, 11) is 1.90. The largest absolute Gasteiger partial charge is 0.508 e. The van der Waals surface area contributed by atoms with Crippen molar-refractivity contribution >= 4 is 5.69 Å². The molecular formula is C14H14FNO. The van der Waals surface area contributed by atoms with Crippen LogP contribution in [0.3, 0.4) is 0 Å². The van der Waals surface area contributed by atoms with Crippen LogP contribution < -0.4 is 4.90 Å². The number of benzene rings is 2. The Bertz CT molecular complexity index is 496. The highest BCUT2D eigenvalue weighted by atomic mass is 19.1. The van der Waals surface area contributed by atoms with Crippen molar-refractivity contribution in [3.8, 4) is 5.75 Å². The number of rotatable bonds is 3. The van der Waals surface area contributed by atoms with Crippen molar-refractivity contribution < 1.29 is 9.50 Å². The van der Waals surface area contributed by atoms with Crippen molar-refractivity contribution in [2.45, 2.75) is 6.54 Å². The van der Waals surface area contributed by atoms with E-state index in [1.54, 1.807) is 24.3 Å². The first-order chi connectivity index (χ1) is 8.16. The second-order valence-electron chi connectivity index (χ2n) is 3.96. The molecule has 2 nitrogen and oxygen atoms in total. The number of anilines is 1. The van der Waals surface area contributed by atoms with Gasteiger partial charge in [0, 0.05) is 24.8 Å². The van der Waals surface area contributed by atoms with Crippen molar-refractivity contribution in [2.75, 3.05) is 11.9 Å². The molecule has 0 bridgehead atoms. The fraction of sp³-hybridized carbons (Fsp3) is 0.143. The van der Waals surface area contributed by atoms with Crippen molar-refractivity contribution in [2.24, 2.45) is 0 Å². The average molecular weight is 231 g/mol. The van der Waals surface area contributed by atoms with E-state index in [0.29, 0.717) is 6.54 Å². The van der Waals surface area contributed by atoms with Crippen LogP contribution >= 0.6 is 0 Å². The van der Waals surface area contributed by atoms with Gasteiger partial charge in [-0.25, -0.2) is 4.39 Å². The van der Waals surface area contributed by atoms with Gasteiger partial charge in [-0.1, -0.05) is 18.2 Å². The summed E-state index contributed by atoms with van der Waals surface area (Å²) in [5.41, 5.74) is 1.76. The molecule has 0 spiro atoms. The third kappa shape index (κ3) is 2.75. The summed E-state index contributed by atoms with van der Waals surface area (Å²) >= 11 is 0. The van der Waals surface area contributed by atoms with Gasteiger partial charge in [0.1, 0.15) is 11.6 Å². The summed E-state index contributed by atoms with van der Waals surface area (Å²) in [6.07, 6.45) is 0. The first-order valence-electron chi connectivity index (χ1n) is 5.40. The number of hydrogen-bond donors (Lipinski definition) is 1. The number of phenols is 1. The van der Waals surface area contributed by atoms with E-state index in [4.69, 9.17) is 0 Å². The molecule has 0 aromatic heterocycles. The molecule has 1 N–H and O–H groups in total. The molecule has 0 amide bonds. The maximum atomic E-state index is 12.8. The van der Waals surface area contributed by atoms with Crippen LogP contribution in [0.4, 0.5) is 10.1 Å². The maximum absolute atomic E-state index is 12.8. The summed E-state index contributed by atoms with van der Waals surface area (Å²) in [6.45, 7) is 0.582. The standard InChI is InChI=1S/C14H14FNO/c1-16(13-8-6-12(15)7-9-13)10-11-4-2-3-5-14(11)17/h2-9,17H,10H2,1H3. The Kier molecular flexibility index (Phi) is 3.28. The van der Waals surface area contributed by atoms with Gasteiger partial charge in [-0.3, -0.25) is 0 Å². The first-order valence-corrected chi connectivity index (χ1v) is 5.40. The zero-order valence-electron chi connectivity index (χ0n) is 9.60. The molecule has 0 radical (unpaired) electrons. The Morgan fingerprint density at radius 3 is 2.35 bits per heavy atom. The van der Waals surface area contributed by atoms with Crippen molar-refractivity contribution in [1.29, 1.82) is 0 Å². The van der Waals surface area contributed by atoms with E-state index in [0.717, 1.165) is 11.3 Å². The molecule has 2 aromatic rings. The van der Waals surface area contributed by atoms with Crippen molar-refractivity contribution in [3.63, 3.8) is 0 Å². The fourth-order valence-corrected chi connectivity index (χ4v) is 1.69. The lowest BCUT2D eigenvalue weighted by Crippen LogP contribution is -2.16. The molecule has 0 heterocycles. The van der Waals surface area contributed by atoms with Gasteiger partial charge in [0.25, 0.3) is 0 Å². The molecule has 17 heavy (non-hydrogen) atoms. The zero-order valence-corrected chi connectivity index (χ0v) is 9.60. The van der Waals surface area contributed by atoms with Gasteiger partial charge in [0.05, 0.1) is 0 Å². The first kappa shape index (κ1) is 11.5. The van der Waals surface area contributed by atoms with Crippen LogP contribution in [0.15, 0.2) is 48.5 Å². The molecular weight excluding hydrogens is 217 g/mol. The van der Waals surface area contributed by atoms with Crippen molar-refractivity contribution in [3.05, 3.63) is 59.9 Å². The van der Waals surface area contributed by atoms with Crippen LogP contribution in [-0.4, -0.2) is 12.2 Å². The lowest BCUT2D eigenvalue weighted by atomic mass is 10.2. The molecule has 0 aliphatic rings. The third-order valence-corrected chi connectivity index (χ3v) is 2.67. The van der Waals surface area contributed by atoms with Crippen LogP contribution in [0, 0.1) is 5.82 Å². The summed E-state index contributed by atoms with van der Waals surface area (Å²) in [5, 5.41) is 9.66. The Hall–Kier alpha value is -2.03. The van der Waals surface area contributed by atoms with E-state index in [1.165, 1.54) is 12.1 Å². The topological polar surface area (TPSA) is 23.5 Å². The zero-order chi connectivity index (χ0) is 12.3. The monoisotopic (exact) mass is 231 g/mol. The highest BCUT2D eigenvalue weighted by Gasteiger charge is 2.05. The predicted molar refractivity (Wildman–Crippen MR) is 66.6 cm³/mol. The second-order valence-corrected chi connectivity index (χ2v) is 3.96. The molecule has 0 aliphatic heterocycles. The normalized spacial score (nSPS) is 10.2. The molecule has 2 aromatic carbocycles. The Morgan fingerprint density at radius 1 is 1.06 bits per heavy atom.